The summed E-state index contributed by atoms with van der Waals surface area (Å²) in [6.07, 6.45) is -0.891. The van der Waals surface area contributed by atoms with Gasteiger partial charge in [0.25, 0.3) is 0 Å². The molecule has 0 atom stereocenters. The summed E-state index contributed by atoms with van der Waals surface area (Å²) in [6, 6.07) is 14.6. The number of carbonyl (C=O) groups is 2. The topological polar surface area (TPSA) is 82.9 Å². The van der Waals surface area contributed by atoms with Gasteiger partial charge in [0.15, 0.2) is 0 Å². The van der Waals surface area contributed by atoms with Crippen molar-refractivity contribution in [3.8, 4) is 17.6 Å². The third-order valence-corrected chi connectivity index (χ3v) is 5.78. The van der Waals surface area contributed by atoms with Crippen LogP contribution in [-0.2, 0) is 16.0 Å². The van der Waals surface area contributed by atoms with Gasteiger partial charge in [-0.2, -0.15) is 5.26 Å². The highest BCUT2D eigenvalue weighted by atomic mass is 127. The van der Waals surface area contributed by atoms with Crippen LogP contribution in [0.25, 0.3) is 0 Å². The molecular weight excluding hydrogens is 607 g/mol. The summed E-state index contributed by atoms with van der Waals surface area (Å²) in [5.74, 6) is -1.67. The van der Waals surface area contributed by atoms with Gasteiger partial charge < -0.3 is 14.4 Å². The molecule has 3 aromatic carbocycles. The molecular formula is C28H26F2IN3O4. The highest BCUT2D eigenvalue weighted by Crippen LogP contribution is 2.39. The largest absolute Gasteiger partial charge is 0.456 e. The minimum absolute atomic E-state index is 0.113. The molecule has 10 heteroatoms. The summed E-state index contributed by atoms with van der Waals surface area (Å²) < 4.78 is 41.9. The zero-order chi connectivity index (χ0) is 28.2. The highest BCUT2D eigenvalue weighted by Gasteiger charge is 2.31. The summed E-state index contributed by atoms with van der Waals surface area (Å²) in [5, 5.41) is 10.1. The Morgan fingerprint density at radius 3 is 2.34 bits per heavy atom. The van der Waals surface area contributed by atoms with Crippen LogP contribution in [0.4, 0.5) is 25.0 Å². The van der Waals surface area contributed by atoms with E-state index < -0.39 is 23.3 Å². The Labute approximate surface area is 233 Å². The Kier molecular flexibility index (Phi) is 8.93. The lowest BCUT2D eigenvalue weighted by atomic mass is 10.1. The number of nitriles is 1. The van der Waals surface area contributed by atoms with E-state index in [2.05, 4.69) is 0 Å². The maximum Gasteiger partial charge on any atom is 0.419 e. The van der Waals surface area contributed by atoms with E-state index in [0.717, 1.165) is 17.0 Å². The molecule has 0 aliphatic rings. The van der Waals surface area contributed by atoms with Crippen LogP contribution in [0, 0.1) is 26.5 Å². The molecule has 0 N–H and O–H groups in total. The molecule has 38 heavy (non-hydrogen) atoms. The normalized spacial score (nSPS) is 10.9. The molecule has 0 aromatic heterocycles. The maximum atomic E-state index is 15.1. The van der Waals surface area contributed by atoms with E-state index in [1.165, 1.54) is 17.0 Å². The van der Waals surface area contributed by atoms with Gasteiger partial charge in [-0.3, -0.25) is 4.79 Å². The molecule has 0 unspecified atom stereocenters. The predicted molar refractivity (Wildman–Crippen MR) is 148 cm³/mol. The Balaban J connectivity index is 2.13. The fourth-order valence-electron chi connectivity index (χ4n) is 3.41. The minimum Gasteiger partial charge on any atom is -0.456 e. The molecule has 7 nitrogen and oxygen atoms in total. The second kappa shape index (κ2) is 11.8. The zero-order valence-corrected chi connectivity index (χ0v) is 23.7. The first-order chi connectivity index (χ1) is 17.8. The van der Waals surface area contributed by atoms with Crippen molar-refractivity contribution in [1.82, 2.24) is 4.90 Å². The molecule has 0 aliphatic heterocycles. The second-order valence-corrected chi connectivity index (χ2v) is 10.8. The Hall–Kier alpha value is -3.72. The minimum atomic E-state index is -1.00. The number of hydrogen-bond donors (Lipinski definition) is 0. The van der Waals surface area contributed by atoms with Crippen LogP contribution in [0.2, 0.25) is 0 Å². The maximum absolute atomic E-state index is 15.1. The van der Waals surface area contributed by atoms with Crippen molar-refractivity contribution in [1.29, 1.82) is 5.26 Å². The Morgan fingerprint density at radius 1 is 1.03 bits per heavy atom. The second-order valence-electron chi connectivity index (χ2n) is 9.54. The monoisotopic (exact) mass is 633 g/mol. The predicted octanol–water partition coefficient (Wildman–Crippen LogP) is 6.94. The molecule has 0 aliphatic carbocycles. The third-order valence-electron chi connectivity index (χ3n) is 5.11. The first kappa shape index (κ1) is 28.8. The number of likely N-dealkylation sites (N-methyl/N-ethyl adjacent to an activating group) is 1. The molecule has 3 rings (SSSR count). The van der Waals surface area contributed by atoms with Crippen LogP contribution in [-0.4, -0.2) is 36.6 Å². The quantitative estimate of drug-likeness (QED) is 0.275. The van der Waals surface area contributed by atoms with Gasteiger partial charge in [-0.05, 0) is 85.3 Å². The molecule has 0 heterocycles. The van der Waals surface area contributed by atoms with Crippen molar-refractivity contribution in [3.63, 3.8) is 0 Å². The summed E-state index contributed by atoms with van der Waals surface area (Å²) >= 11 is 1.92. The Morgan fingerprint density at radius 2 is 1.74 bits per heavy atom. The number of ether oxygens (including phenoxy) is 2. The first-order valence-electron chi connectivity index (χ1n) is 11.5. The number of carbonyl (C=O) groups excluding carboxylic acids is 2. The van der Waals surface area contributed by atoms with Crippen molar-refractivity contribution in [2.75, 3.05) is 19.0 Å². The van der Waals surface area contributed by atoms with Gasteiger partial charge in [-0.1, -0.05) is 12.1 Å². The molecule has 0 saturated heterocycles. The lowest BCUT2D eigenvalue weighted by Gasteiger charge is -2.28. The van der Waals surface area contributed by atoms with E-state index in [1.807, 2.05) is 28.7 Å². The van der Waals surface area contributed by atoms with Gasteiger partial charge in [-0.25, -0.2) is 18.5 Å². The molecule has 0 fully saturated rings. The van der Waals surface area contributed by atoms with E-state index in [-0.39, 0.29) is 40.8 Å². The van der Waals surface area contributed by atoms with E-state index in [0.29, 0.717) is 9.13 Å². The van der Waals surface area contributed by atoms with E-state index in [4.69, 9.17) is 9.47 Å². The summed E-state index contributed by atoms with van der Waals surface area (Å²) in [4.78, 5) is 27.6. The van der Waals surface area contributed by atoms with Crippen LogP contribution < -0.4 is 9.64 Å². The molecule has 3 aromatic rings. The summed E-state index contributed by atoms with van der Waals surface area (Å²) in [7, 11) is 3.28. The highest BCUT2D eigenvalue weighted by molar-refractivity contribution is 14.1. The van der Waals surface area contributed by atoms with E-state index >= 15 is 4.39 Å². The van der Waals surface area contributed by atoms with Gasteiger partial charge in [-0.15, -0.1) is 0 Å². The smallest absolute Gasteiger partial charge is 0.419 e. The number of anilines is 2. The average molecular weight is 633 g/mol. The fraction of sp³-hybridized carbons (Fsp3) is 0.250. The van der Waals surface area contributed by atoms with Crippen molar-refractivity contribution in [2.45, 2.75) is 32.8 Å². The lowest BCUT2D eigenvalue weighted by Crippen LogP contribution is -2.34. The van der Waals surface area contributed by atoms with Crippen molar-refractivity contribution in [2.24, 2.45) is 0 Å². The zero-order valence-electron chi connectivity index (χ0n) is 21.5. The average Bonchev–Trinajstić information content (AvgIpc) is 2.79. The molecule has 0 spiro atoms. The first-order valence-corrected chi connectivity index (χ1v) is 12.6. The molecule has 2 amide bonds. The van der Waals surface area contributed by atoms with Gasteiger partial charge in [0.1, 0.15) is 40.4 Å². The van der Waals surface area contributed by atoms with Crippen molar-refractivity contribution >= 4 is 46.0 Å². The third kappa shape index (κ3) is 7.19. The number of halogens is 3. The molecule has 0 bridgehead atoms. The number of hydrogen-bond acceptors (Lipinski definition) is 5. The summed E-state index contributed by atoms with van der Waals surface area (Å²) in [5.41, 5.74) is -1.01. The van der Waals surface area contributed by atoms with Crippen LogP contribution in [0.5, 0.6) is 11.5 Å². The lowest BCUT2D eigenvalue weighted by molar-refractivity contribution is -0.127. The van der Waals surface area contributed by atoms with Gasteiger partial charge in [0, 0.05) is 23.7 Å². The standard InChI is InChI=1S/C28H26F2IN3O4/c1-28(2,3)38-27(36)34(23-10-9-19(31)15-22(23)30)24-13-18(29)14-25(21(24)16-32)37-20-8-6-7-17(11-20)12-26(35)33(4)5/h6-11,13-15H,12H2,1-5H3. The number of benzene rings is 3. The SMILES string of the molecule is CN(C)C(=O)Cc1cccc(Oc2cc(F)cc(N(C(=O)OC(C)(C)C)c3ccc(I)cc3F)c2C#N)c1. The fourth-order valence-corrected chi connectivity index (χ4v) is 3.87. The van der Waals surface area contributed by atoms with E-state index in [1.54, 1.807) is 65.2 Å². The van der Waals surface area contributed by atoms with E-state index in [9.17, 15) is 19.2 Å². The van der Waals surface area contributed by atoms with Gasteiger partial charge >= 0.3 is 6.09 Å². The molecule has 0 radical (unpaired) electrons. The molecule has 198 valence electrons. The number of nitrogens with zero attached hydrogens (tertiary/aromatic N) is 3. The Bertz CT molecular complexity index is 1410. The van der Waals surface area contributed by atoms with Crippen LogP contribution in [0.1, 0.15) is 31.9 Å². The van der Waals surface area contributed by atoms with Crippen LogP contribution in [0.15, 0.2) is 54.6 Å². The van der Waals surface area contributed by atoms with Crippen molar-refractivity contribution in [3.05, 3.63) is 80.9 Å². The number of rotatable bonds is 6. The number of amides is 2. The molecule has 0 saturated carbocycles. The van der Waals surface area contributed by atoms with Crippen molar-refractivity contribution < 1.29 is 27.8 Å². The summed E-state index contributed by atoms with van der Waals surface area (Å²) in [6.45, 7) is 4.90. The van der Waals surface area contributed by atoms with Gasteiger partial charge in [0.2, 0.25) is 5.91 Å². The van der Waals surface area contributed by atoms with Crippen LogP contribution in [0.3, 0.4) is 0 Å². The van der Waals surface area contributed by atoms with Crippen LogP contribution >= 0.6 is 22.6 Å². The van der Waals surface area contributed by atoms with Gasteiger partial charge in [0.05, 0.1) is 17.8 Å².